The average molecular weight is 601 g/mol. The monoisotopic (exact) mass is 599 g/mol. The van der Waals surface area contributed by atoms with E-state index in [2.05, 4.69) is 5.32 Å². The minimum atomic E-state index is -5.16. The molecule has 36 heavy (non-hydrogen) atoms. The van der Waals surface area contributed by atoms with Crippen LogP contribution < -0.4 is 5.32 Å². The molecule has 1 aliphatic heterocycles. The summed E-state index contributed by atoms with van der Waals surface area (Å²) in [4.78, 5) is 12.3. The summed E-state index contributed by atoms with van der Waals surface area (Å²) in [6.45, 7) is 0. The lowest BCUT2D eigenvalue weighted by molar-refractivity contribution is -0.140. The van der Waals surface area contributed by atoms with Crippen molar-refractivity contribution in [2.24, 2.45) is 0 Å². The summed E-state index contributed by atoms with van der Waals surface area (Å²) < 4.78 is 116. The molecule has 0 aliphatic carbocycles. The van der Waals surface area contributed by atoms with Gasteiger partial charge in [0, 0.05) is 5.56 Å². The Balaban J connectivity index is 1.99. The second-order valence-electron chi connectivity index (χ2n) is 7.90. The average Bonchev–Trinajstić information content (AvgIpc) is 2.72. The maximum atomic E-state index is 14.9. The number of nitrogens with one attached hydrogen (secondary N) is 1. The minimum absolute atomic E-state index is 0.0599. The van der Waals surface area contributed by atoms with Crippen molar-refractivity contribution in [1.29, 1.82) is 0 Å². The van der Waals surface area contributed by atoms with Crippen LogP contribution in [0.2, 0.25) is 15.1 Å². The molecule has 0 radical (unpaired) electrons. The molecule has 1 aliphatic rings. The fraction of sp³-hybridized carbons (Fsp3) is 0.286. The lowest BCUT2D eigenvalue weighted by Gasteiger charge is -2.47. The molecule has 3 N–H and O–H groups in total. The molecule has 2 aromatic rings. The fourth-order valence-electron chi connectivity index (χ4n) is 3.44. The largest absolute Gasteiger partial charge is 0.417 e. The van der Waals surface area contributed by atoms with Gasteiger partial charge in [0.2, 0.25) is 0 Å². The zero-order valence-electron chi connectivity index (χ0n) is 17.5. The number of halogens is 10. The molecule has 0 bridgehead atoms. The quantitative estimate of drug-likeness (QED) is 0.239. The number of amides is 1. The number of rotatable bonds is 5. The zero-order valence-corrected chi connectivity index (χ0v) is 20.6. The van der Waals surface area contributed by atoms with E-state index in [1.807, 2.05) is 0 Å². The lowest BCUT2D eigenvalue weighted by Crippen LogP contribution is -2.50. The number of hydrogen-bond donors (Lipinski definition) is 3. The van der Waals surface area contributed by atoms with E-state index in [1.54, 1.807) is 0 Å². The van der Waals surface area contributed by atoms with Crippen LogP contribution in [0.5, 0.6) is 0 Å². The summed E-state index contributed by atoms with van der Waals surface area (Å²) in [6.07, 6.45) is -10.2. The molecule has 0 saturated carbocycles. The van der Waals surface area contributed by atoms with Crippen molar-refractivity contribution in [3.05, 3.63) is 73.7 Å². The van der Waals surface area contributed by atoms with E-state index in [1.165, 1.54) is 0 Å². The van der Waals surface area contributed by atoms with Crippen molar-refractivity contribution in [2.75, 3.05) is 11.5 Å². The number of benzene rings is 2. The fourth-order valence-corrected chi connectivity index (χ4v) is 5.42. The first kappa shape index (κ1) is 28.9. The molecule has 4 nitrogen and oxygen atoms in total. The molecular formula is C21H15Cl3F7NO3S. The number of hydrogen-bond acceptors (Lipinski definition) is 3. The number of carbonyl (C=O) groups excluding carboxylic acids is 1. The third kappa shape index (κ3) is 6.59. The summed E-state index contributed by atoms with van der Waals surface area (Å²) in [7, 11) is -2.88. The van der Waals surface area contributed by atoms with Crippen LogP contribution in [0.3, 0.4) is 0 Å². The topological polar surface area (TPSA) is 69.6 Å². The molecule has 1 unspecified atom stereocenters. The van der Waals surface area contributed by atoms with Crippen LogP contribution in [0.15, 0.2) is 36.4 Å². The summed E-state index contributed by atoms with van der Waals surface area (Å²) in [6, 6.07) is 2.40. The van der Waals surface area contributed by atoms with Crippen LogP contribution >= 0.6 is 45.4 Å². The Hall–Kier alpha value is -1.70. The third-order valence-corrected chi connectivity index (χ3v) is 8.22. The first-order valence-electron chi connectivity index (χ1n) is 9.73. The normalized spacial score (nSPS) is 18.4. The highest BCUT2D eigenvalue weighted by atomic mass is 35.5. The Labute approximate surface area is 216 Å². The van der Waals surface area contributed by atoms with E-state index in [0.29, 0.717) is 6.07 Å². The molecule has 198 valence electrons. The SMILES string of the molecule is O=C(NC1CS(O)(O)C1)c1ccc(C(F)=CC(c2cc(Cl)c(Cl)c(Cl)c2)C(F)(F)F)cc1C(F)(F)F. The van der Waals surface area contributed by atoms with Crippen molar-refractivity contribution in [3.63, 3.8) is 0 Å². The van der Waals surface area contributed by atoms with Gasteiger partial charge in [-0.1, -0.05) is 40.9 Å². The van der Waals surface area contributed by atoms with Crippen molar-refractivity contribution in [2.45, 2.75) is 24.3 Å². The van der Waals surface area contributed by atoms with E-state index in [9.17, 15) is 44.6 Å². The maximum Gasteiger partial charge on any atom is 0.417 e. The Kier molecular flexibility index (Phi) is 8.20. The zero-order chi connectivity index (χ0) is 27.2. The predicted molar refractivity (Wildman–Crippen MR) is 125 cm³/mol. The van der Waals surface area contributed by atoms with Gasteiger partial charge in [0.1, 0.15) is 11.7 Å². The van der Waals surface area contributed by atoms with Crippen LogP contribution in [0, 0.1) is 0 Å². The van der Waals surface area contributed by atoms with E-state index in [4.69, 9.17) is 34.8 Å². The highest BCUT2D eigenvalue weighted by Crippen LogP contribution is 2.48. The van der Waals surface area contributed by atoms with Gasteiger partial charge < -0.3 is 5.32 Å². The Morgan fingerprint density at radius 3 is 2.06 bits per heavy atom. The number of allylic oxidation sites excluding steroid dienone is 1. The van der Waals surface area contributed by atoms with E-state index < -0.39 is 68.9 Å². The van der Waals surface area contributed by atoms with Crippen LogP contribution in [-0.2, 0) is 6.18 Å². The second kappa shape index (κ2) is 10.2. The van der Waals surface area contributed by atoms with Crippen LogP contribution in [0.25, 0.3) is 5.83 Å². The smallest absolute Gasteiger partial charge is 0.346 e. The van der Waals surface area contributed by atoms with Gasteiger partial charge >= 0.3 is 12.4 Å². The van der Waals surface area contributed by atoms with Gasteiger partial charge in [-0.3, -0.25) is 13.9 Å². The molecule has 1 amide bonds. The minimum Gasteiger partial charge on any atom is -0.346 e. The number of carbonyl (C=O) groups is 1. The molecule has 3 rings (SSSR count). The Morgan fingerprint density at radius 2 is 1.58 bits per heavy atom. The molecule has 1 saturated heterocycles. The van der Waals surface area contributed by atoms with E-state index in [-0.39, 0.29) is 38.7 Å². The second-order valence-corrected chi connectivity index (χ2v) is 11.4. The molecule has 2 aromatic carbocycles. The van der Waals surface area contributed by atoms with Gasteiger partial charge in [0.05, 0.1) is 43.7 Å². The summed E-state index contributed by atoms with van der Waals surface area (Å²) in [5.74, 6) is -5.96. The van der Waals surface area contributed by atoms with Crippen LogP contribution in [0.4, 0.5) is 30.7 Å². The molecule has 1 atom stereocenters. The van der Waals surface area contributed by atoms with Crippen molar-refractivity contribution >= 4 is 57.1 Å². The lowest BCUT2D eigenvalue weighted by atomic mass is 9.95. The Bertz CT molecular complexity index is 1190. The molecule has 0 spiro atoms. The van der Waals surface area contributed by atoms with Crippen molar-refractivity contribution < 1.29 is 44.6 Å². The van der Waals surface area contributed by atoms with E-state index >= 15 is 0 Å². The summed E-state index contributed by atoms with van der Waals surface area (Å²) in [5, 5.41) is 1.29. The Morgan fingerprint density at radius 1 is 1.03 bits per heavy atom. The molecule has 1 fully saturated rings. The van der Waals surface area contributed by atoms with Crippen molar-refractivity contribution in [3.8, 4) is 0 Å². The van der Waals surface area contributed by atoms with Crippen LogP contribution in [-0.4, -0.2) is 38.7 Å². The van der Waals surface area contributed by atoms with Gasteiger partial charge in [-0.15, -0.1) is 0 Å². The van der Waals surface area contributed by atoms with Gasteiger partial charge in [0.15, 0.2) is 0 Å². The van der Waals surface area contributed by atoms with Gasteiger partial charge in [-0.05, 0) is 35.9 Å². The van der Waals surface area contributed by atoms with Gasteiger partial charge in [-0.2, -0.15) is 36.9 Å². The van der Waals surface area contributed by atoms with Gasteiger partial charge in [-0.25, -0.2) is 4.39 Å². The van der Waals surface area contributed by atoms with Gasteiger partial charge in [0.25, 0.3) is 5.91 Å². The highest BCUT2D eigenvalue weighted by molar-refractivity contribution is 8.25. The molecular weight excluding hydrogens is 586 g/mol. The maximum absolute atomic E-state index is 14.9. The van der Waals surface area contributed by atoms with Crippen LogP contribution in [0.1, 0.15) is 33.0 Å². The standard InChI is InChI=1S/C21H15Cl3F7NO3S/c22-15-4-10(5-16(23)18(15)24)13(20(26,27)28)6-17(25)9-1-2-12(14(3-9)21(29,30)31)19(33)32-11-7-36(34,35)8-11/h1-6,11,13,34-35H,7-8H2,(H,32,33). The third-order valence-electron chi connectivity index (χ3n) is 5.15. The van der Waals surface area contributed by atoms with Crippen molar-refractivity contribution in [1.82, 2.24) is 5.32 Å². The molecule has 0 aromatic heterocycles. The number of alkyl halides is 6. The summed E-state index contributed by atoms with van der Waals surface area (Å²) in [5.41, 5.74) is -3.97. The predicted octanol–water partition coefficient (Wildman–Crippen LogP) is 8.18. The van der Waals surface area contributed by atoms with E-state index in [0.717, 1.165) is 18.2 Å². The molecule has 1 heterocycles. The summed E-state index contributed by atoms with van der Waals surface area (Å²) >= 11 is 17.3. The molecule has 15 heteroatoms. The first-order valence-corrected chi connectivity index (χ1v) is 12.8. The first-order chi connectivity index (χ1) is 16.4. The highest BCUT2D eigenvalue weighted by Gasteiger charge is 2.41.